The predicted octanol–water partition coefficient (Wildman–Crippen LogP) is 4.83. The van der Waals surface area contributed by atoms with Gasteiger partial charge in [-0.05, 0) is 44.2 Å². The standard InChI is InChI=1S/C25H26F2N6O3S/c1-13-20-16(22(26)27)9-17(14-10-28-32(2)11-14)29-23(20)33(31-13)12-19(34)30-24-21(25(35)36-3)15-7-5-4-6-8-18(15)37-24/h9-11,22H,4-8,12H2,1-3H3,(H,30,34). The summed E-state index contributed by atoms with van der Waals surface area (Å²) in [6, 6.07) is 1.34. The van der Waals surface area contributed by atoms with Crippen LogP contribution in [0.25, 0.3) is 22.3 Å². The van der Waals surface area contributed by atoms with Gasteiger partial charge >= 0.3 is 5.97 Å². The molecule has 0 aliphatic heterocycles. The molecule has 0 aromatic carbocycles. The predicted molar refractivity (Wildman–Crippen MR) is 135 cm³/mol. The van der Waals surface area contributed by atoms with E-state index in [0.717, 1.165) is 42.5 Å². The number of carbonyl (C=O) groups is 2. The molecular formula is C25H26F2N6O3S. The number of anilines is 1. The Morgan fingerprint density at radius 3 is 2.73 bits per heavy atom. The van der Waals surface area contributed by atoms with E-state index in [1.54, 1.807) is 31.0 Å². The number of thiophene rings is 1. The molecular weight excluding hydrogens is 502 g/mol. The van der Waals surface area contributed by atoms with Gasteiger partial charge in [-0.2, -0.15) is 10.2 Å². The molecule has 0 spiro atoms. The van der Waals surface area contributed by atoms with E-state index in [1.807, 2.05) is 0 Å². The highest BCUT2D eigenvalue weighted by Gasteiger charge is 2.27. The van der Waals surface area contributed by atoms with Crippen molar-refractivity contribution in [3.63, 3.8) is 0 Å². The van der Waals surface area contributed by atoms with Gasteiger partial charge in [-0.1, -0.05) is 6.42 Å². The maximum absolute atomic E-state index is 14.0. The van der Waals surface area contributed by atoms with Gasteiger partial charge in [-0.3, -0.25) is 9.48 Å². The number of aromatic nitrogens is 5. The number of aryl methyl sites for hydroxylation is 3. The third-order valence-electron chi connectivity index (χ3n) is 6.50. The highest BCUT2D eigenvalue weighted by Crippen LogP contribution is 2.38. The van der Waals surface area contributed by atoms with Crippen LogP contribution >= 0.6 is 11.3 Å². The first-order valence-corrected chi connectivity index (χ1v) is 12.8. The average Bonchev–Trinajstić information content (AvgIpc) is 3.48. The van der Waals surface area contributed by atoms with Crippen molar-refractivity contribution in [1.82, 2.24) is 24.5 Å². The minimum Gasteiger partial charge on any atom is -0.465 e. The van der Waals surface area contributed by atoms with Crippen LogP contribution < -0.4 is 5.32 Å². The maximum atomic E-state index is 14.0. The molecule has 9 nitrogen and oxygen atoms in total. The van der Waals surface area contributed by atoms with Gasteiger partial charge in [0.15, 0.2) is 5.65 Å². The number of nitrogens with one attached hydrogen (secondary N) is 1. The van der Waals surface area contributed by atoms with Crippen LogP contribution in [0.5, 0.6) is 0 Å². The van der Waals surface area contributed by atoms with E-state index in [9.17, 15) is 18.4 Å². The first kappa shape index (κ1) is 25.0. The number of esters is 1. The summed E-state index contributed by atoms with van der Waals surface area (Å²) in [4.78, 5) is 31.4. The molecule has 4 heterocycles. The topological polar surface area (TPSA) is 104 Å². The van der Waals surface area contributed by atoms with E-state index in [-0.39, 0.29) is 23.1 Å². The molecule has 12 heteroatoms. The van der Waals surface area contributed by atoms with Gasteiger partial charge in [0.1, 0.15) is 11.5 Å². The molecule has 0 bridgehead atoms. The van der Waals surface area contributed by atoms with E-state index >= 15 is 0 Å². The number of amides is 1. The minimum atomic E-state index is -2.75. The second-order valence-corrected chi connectivity index (χ2v) is 10.2. The molecule has 0 fully saturated rings. The molecule has 0 atom stereocenters. The molecule has 1 aliphatic rings. The smallest absolute Gasteiger partial charge is 0.341 e. The van der Waals surface area contributed by atoms with Crippen molar-refractivity contribution < 1.29 is 23.1 Å². The summed E-state index contributed by atoms with van der Waals surface area (Å²) in [5.41, 5.74) is 2.55. The van der Waals surface area contributed by atoms with E-state index in [2.05, 4.69) is 20.5 Å². The number of carbonyl (C=O) groups excluding carboxylic acids is 2. The molecule has 0 unspecified atom stereocenters. The zero-order valence-electron chi connectivity index (χ0n) is 20.7. The number of hydrogen-bond acceptors (Lipinski definition) is 7. The monoisotopic (exact) mass is 528 g/mol. The lowest BCUT2D eigenvalue weighted by atomic mass is 10.1. The van der Waals surface area contributed by atoms with Crippen molar-refractivity contribution >= 4 is 39.2 Å². The Morgan fingerprint density at radius 1 is 1.24 bits per heavy atom. The number of fused-ring (bicyclic) bond motifs is 2. The second-order valence-electron chi connectivity index (χ2n) is 9.05. The van der Waals surface area contributed by atoms with Crippen molar-refractivity contribution in [2.45, 2.75) is 52.0 Å². The Balaban J connectivity index is 1.50. The molecule has 5 rings (SSSR count). The Morgan fingerprint density at radius 2 is 2.03 bits per heavy atom. The summed E-state index contributed by atoms with van der Waals surface area (Å²) in [6.07, 6.45) is 5.15. The molecule has 4 aromatic heterocycles. The molecule has 1 N–H and O–H groups in total. The first-order chi connectivity index (χ1) is 17.8. The summed E-state index contributed by atoms with van der Waals surface area (Å²) in [5.74, 6) is -0.933. The van der Waals surface area contributed by atoms with E-state index < -0.39 is 18.3 Å². The molecule has 4 aromatic rings. The Kier molecular flexibility index (Phi) is 6.76. The third-order valence-corrected chi connectivity index (χ3v) is 7.71. The van der Waals surface area contributed by atoms with E-state index in [1.165, 1.54) is 29.2 Å². The number of ether oxygens (including phenoxy) is 1. The third kappa shape index (κ3) is 4.73. The largest absolute Gasteiger partial charge is 0.465 e. The molecule has 37 heavy (non-hydrogen) atoms. The number of rotatable bonds is 6. The Labute approximate surface area is 215 Å². The zero-order valence-corrected chi connectivity index (χ0v) is 21.5. The Bertz CT molecular complexity index is 1510. The van der Waals surface area contributed by atoms with Crippen LogP contribution in [0.4, 0.5) is 13.8 Å². The molecule has 194 valence electrons. The van der Waals surface area contributed by atoms with Crippen LogP contribution in [0.3, 0.4) is 0 Å². The lowest BCUT2D eigenvalue weighted by Gasteiger charge is -2.09. The van der Waals surface area contributed by atoms with Crippen LogP contribution in [-0.2, 0) is 36.0 Å². The molecule has 0 radical (unpaired) electrons. The lowest BCUT2D eigenvalue weighted by molar-refractivity contribution is -0.116. The molecule has 0 saturated heterocycles. The van der Waals surface area contributed by atoms with Crippen LogP contribution in [0.1, 0.15) is 57.7 Å². The van der Waals surface area contributed by atoms with E-state index in [0.29, 0.717) is 27.5 Å². The number of halogens is 2. The van der Waals surface area contributed by atoms with Gasteiger partial charge < -0.3 is 10.1 Å². The first-order valence-electron chi connectivity index (χ1n) is 11.9. The van der Waals surface area contributed by atoms with Gasteiger partial charge in [0.2, 0.25) is 5.91 Å². The van der Waals surface area contributed by atoms with Crippen molar-refractivity contribution in [2.75, 3.05) is 12.4 Å². The van der Waals surface area contributed by atoms with Gasteiger partial charge in [-0.25, -0.2) is 23.2 Å². The second kappa shape index (κ2) is 10.0. The van der Waals surface area contributed by atoms with Gasteiger partial charge in [0.25, 0.3) is 6.43 Å². The number of alkyl halides is 2. The highest BCUT2D eigenvalue weighted by atomic mass is 32.1. The van der Waals surface area contributed by atoms with Gasteiger partial charge in [0.05, 0.1) is 35.6 Å². The average molecular weight is 529 g/mol. The number of nitrogens with zero attached hydrogens (tertiary/aromatic N) is 5. The number of methoxy groups -OCH3 is 1. The normalized spacial score (nSPS) is 13.6. The molecule has 1 amide bonds. The zero-order chi connectivity index (χ0) is 26.3. The fourth-order valence-electron chi connectivity index (χ4n) is 4.82. The SMILES string of the molecule is COC(=O)c1c(NC(=O)Cn2nc(C)c3c(C(F)F)cc(-c4cnn(C)c4)nc32)sc2c1CCCCC2. The fourth-order valence-corrected chi connectivity index (χ4v) is 6.11. The highest BCUT2D eigenvalue weighted by molar-refractivity contribution is 7.17. The van der Waals surface area contributed by atoms with Crippen LogP contribution in [0.15, 0.2) is 18.5 Å². The van der Waals surface area contributed by atoms with Gasteiger partial charge in [0, 0.05) is 29.2 Å². The molecule has 0 saturated carbocycles. The van der Waals surface area contributed by atoms with Crippen molar-refractivity contribution in [3.8, 4) is 11.3 Å². The summed E-state index contributed by atoms with van der Waals surface area (Å²) in [5, 5.41) is 12.0. The summed E-state index contributed by atoms with van der Waals surface area (Å²) in [7, 11) is 3.04. The van der Waals surface area contributed by atoms with Crippen molar-refractivity contribution in [2.24, 2.45) is 7.05 Å². The van der Waals surface area contributed by atoms with E-state index in [4.69, 9.17) is 4.74 Å². The Hall–Kier alpha value is -3.67. The van der Waals surface area contributed by atoms with Crippen LogP contribution in [0.2, 0.25) is 0 Å². The van der Waals surface area contributed by atoms with Gasteiger partial charge in [-0.15, -0.1) is 11.3 Å². The molecule has 1 aliphatic carbocycles. The summed E-state index contributed by atoms with van der Waals surface area (Å²) < 4.78 is 35.9. The van der Waals surface area contributed by atoms with Crippen molar-refractivity contribution in [3.05, 3.63) is 45.7 Å². The number of hydrogen-bond donors (Lipinski definition) is 1. The van der Waals surface area contributed by atoms with Crippen molar-refractivity contribution in [1.29, 1.82) is 0 Å². The fraction of sp³-hybridized carbons (Fsp3) is 0.400. The lowest BCUT2D eigenvalue weighted by Crippen LogP contribution is -2.21. The van der Waals surface area contributed by atoms with Crippen LogP contribution in [-0.4, -0.2) is 43.5 Å². The van der Waals surface area contributed by atoms with Crippen LogP contribution in [0, 0.1) is 6.92 Å². The summed E-state index contributed by atoms with van der Waals surface area (Å²) in [6.45, 7) is 1.35. The minimum absolute atomic E-state index is 0.180. The quantitative estimate of drug-likeness (QED) is 0.284. The number of pyridine rings is 1. The summed E-state index contributed by atoms with van der Waals surface area (Å²) >= 11 is 1.39. The maximum Gasteiger partial charge on any atom is 0.341 e.